The number of rotatable bonds is 6. The molecule has 0 aliphatic carbocycles. The van der Waals surface area contributed by atoms with Crippen LogP contribution in [0.2, 0.25) is 0 Å². The largest absolute Gasteiger partial charge is 0.857 e. The van der Waals surface area contributed by atoms with Crippen LogP contribution in [0, 0.1) is 0 Å². The SMILES string of the molecule is CCN=C(N(CC)CC)[N+](CC)(CC)CC.C[O-]. The molecular formula is C14H33N3O. The number of hydrogen-bond acceptors (Lipinski definition) is 2. The average molecular weight is 259 g/mol. The smallest absolute Gasteiger partial charge is 0.300 e. The normalized spacial score (nSPS) is 11.9. The lowest BCUT2D eigenvalue weighted by Crippen LogP contribution is -2.59. The second kappa shape index (κ2) is 11.5. The molecule has 0 spiro atoms. The van der Waals surface area contributed by atoms with Gasteiger partial charge in [-0.15, -0.1) is 0 Å². The minimum atomic E-state index is 0.750. The summed E-state index contributed by atoms with van der Waals surface area (Å²) in [4.78, 5) is 7.17. The third-order valence-electron chi connectivity index (χ3n) is 3.59. The lowest BCUT2D eigenvalue weighted by Gasteiger charge is -2.39. The summed E-state index contributed by atoms with van der Waals surface area (Å²) in [6, 6.07) is 0. The van der Waals surface area contributed by atoms with E-state index in [0.29, 0.717) is 0 Å². The molecule has 0 unspecified atom stereocenters. The minimum absolute atomic E-state index is 0.750. The maximum Gasteiger partial charge on any atom is 0.300 e. The van der Waals surface area contributed by atoms with E-state index in [-0.39, 0.29) is 0 Å². The second-order valence-corrected chi connectivity index (χ2v) is 4.04. The van der Waals surface area contributed by atoms with Gasteiger partial charge >= 0.3 is 0 Å². The van der Waals surface area contributed by atoms with Crippen LogP contribution in [0.3, 0.4) is 0 Å². The standard InChI is InChI=1S/C13H30N3.CH3O/c1-7-14-13(15(8-2)9-3)16(10-4,11-5)12-6;1-2/h7-12H2,1-6H3;1H3/q+1;-1. The van der Waals surface area contributed by atoms with E-state index in [2.05, 4.69) is 46.4 Å². The molecule has 0 fully saturated rings. The topological polar surface area (TPSA) is 38.7 Å². The molecule has 0 aromatic rings. The van der Waals surface area contributed by atoms with Crippen molar-refractivity contribution in [3.63, 3.8) is 0 Å². The molecule has 18 heavy (non-hydrogen) atoms. The highest BCUT2D eigenvalue weighted by Gasteiger charge is 2.32. The van der Waals surface area contributed by atoms with Crippen LogP contribution in [0.5, 0.6) is 0 Å². The van der Waals surface area contributed by atoms with Crippen LogP contribution in [0.4, 0.5) is 0 Å². The highest BCUT2D eigenvalue weighted by Crippen LogP contribution is 2.12. The van der Waals surface area contributed by atoms with E-state index in [1.54, 1.807) is 0 Å². The summed E-state index contributed by atoms with van der Waals surface area (Å²) in [5.74, 6) is 1.28. The van der Waals surface area contributed by atoms with E-state index in [0.717, 1.165) is 50.9 Å². The van der Waals surface area contributed by atoms with Crippen molar-refractivity contribution in [3.05, 3.63) is 0 Å². The Labute approximate surface area is 114 Å². The van der Waals surface area contributed by atoms with Crippen molar-refractivity contribution in [2.75, 3.05) is 46.4 Å². The fourth-order valence-corrected chi connectivity index (χ4v) is 2.29. The number of hydrogen-bond donors (Lipinski definition) is 0. The number of guanidine groups is 1. The molecule has 0 heterocycles. The minimum Gasteiger partial charge on any atom is -0.857 e. The van der Waals surface area contributed by atoms with Gasteiger partial charge < -0.3 is 10.0 Å². The fourth-order valence-electron chi connectivity index (χ4n) is 2.29. The Balaban J connectivity index is 0. The van der Waals surface area contributed by atoms with E-state index >= 15 is 0 Å². The zero-order valence-electron chi connectivity index (χ0n) is 13.5. The zero-order chi connectivity index (χ0) is 14.6. The van der Waals surface area contributed by atoms with Crippen molar-refractivity contribution in [1.29, 1.82) is 0 Å². The van der Waals surface area contributed by atoms with Gasteiger partial charge in [-0.25, -0.2) is 4.99 Å². The predicted octanol–water partition coefficient (Wildman–Crippen LogP) is 1.56. The van der Waals surface area contributed by atoms with E-state index in [1.807, 2.05) is 0 Å². The summed E-state index contributed by atoms with van der Waals surface area (Å²) in [7, 11) is 0.750. The highest BCUT2D eigenvalue weighted by atomic mass is 16.2. The Morgan fingerprint density at radius 1 is 0.889 bits per heavy atom. The van der Waals surface area contributed by atoms with Gasteiger partial charge in [0.2, 0.25) is 0 Å². The molecule has 0 saturated heterocycles. The van der Waals surface area contributed by atoms with Gasteiger partial charge in [0.05, 0.1) is 19.6 Å². The molecule has 0 N–H and O–H groups in total. The molecule has 0 aromatic heterocycles. The number of quaternary nitrogens is 1. The molecule has 0 radical (unpaired) electrons. The zero-order valence-corrected chi connectivity index (χ0v) is 13.5. The maximum atomic E-state index is 8.25. The predicted molar refractivity (Wildman–Crippen MR) is 78.7 cm³/mol. The van der Waals surface area contributed by atoms with Gasteiger partial charge in [0, 0.05) is 19.6 Å². The lowest BCUT2D eigenvalue weighted by atomic mass is 10.3. The molecule has 0 aromatic carbocycles. The van der Waals surface area contributed by atoms with Crippen molar-refractivity contribution in [3.8, 4) is 0 Å². The van der Waals surface area contributed by atoms with Crippen molar-refractivity contribution in [2.24, 2.45) is 4.99 Å². The van der Waals surface area contributed by atoms with E-state index < -0.39 is 0 Å². The molecule has 0 aliphatic rings. The van der Waals surface area contributed by atoms with Crippen LogP contribution in [0.25, 0.3) is 0 Å². The van der Waals surface area contributed by atoms with Gasteiger partial charge in [-0.05, 0) is 41.5 Å². The fraction of sp³-hybridized carbons (Fsp3) is 0.929. The van der Waals surface area contributed by atoms with Crippen LogP contribution in [0.15, 0.2) is 4.99 Å². The Bertz CT molecular complexity index is 201. The van der Waals surface area contributed by atoms with Crippen LogP contribution in [-0.4, -0.2) is 61.7 Å². The Morgan fingerprint density at radius 3 is 1.50 bits per heavy atom. The molecule has 110 valence electrons. The second-order valence-electron chi connectivity index (χ2n) is 4.04. The van der Waals surface area contributed by atoms with Crippen LogP contribution < -0.4 is 5.11 Å². The van der Waals surface area contributed by atoms with E-state index in [1.165, 1.54) is 5.96 Å². The molecule has 0 saturated carbocycles. The molecule has 0 atom stereocenters. The van der Waals surface area contributed by atoms with Gasteiger partial charge in [-0.2, -0.15) is 7.11 Å². The Kier molecular flexibility index (Phi) is 12.6. The average Bonchev–Trinajstić information content (AvgIpc) is 2.45. The van der Waals surface area contributed by atoms with Gasteiger partial charge in [0.15, 0.2) is 0 Å². The summed E-state index contributed by atoms with van der Waals surface area (Å²) >= 11 is 0. The molecular weight excluding hydrogens is 226 g/mol. The van der Waals surface area contributed by atoms with Gasteiger partial charge in [-0.1, -0.05) is 0 Å². The molecule has 0 bridgehead atoms. The summed E-state index contributed by atoms with van der Waals surface area (Å²) in [6.45, 7) is 19.7. The summed E-state index contributed by atoms with van der Waals surface area (Å²) in [5, 5.41) is 8.25. The van der Waals surface area contributed by atoms with E-state index in [4.69, 9.17) is 10.1 Å². The van der Waals surface area contributed by atoms with Gasteiger partial charge in [0.25, 0.3) is 5.96 Å². The Morgan fingerprint density at radius 2 is 1.28 bits per heavy atom. The first kappa shape index (κ1) is 19.7. The van der Waals surface area contributed by atoms with Crippen LogP contribution in [0.1, 0.15) is 41.5 Å². The highest BCUT2D eigenvalue weighted by molar-refractivity contribution is 5.73. The molecule has 4 heteroatoms. The molecule has 4 nitrogen and oxygen atoms in total. The van der Waals surface area contributed by atoms with Crippen molar-refractivity contribution in [2.45, 2.75) is 41.5 Å². The van der Waals surface area contributed by atoms with Crippen molar-refractivity contribution >= 4 is 5.96 Å². The molecule has 0 rings (SSSR count). The molecule has 0 aliphatic heterocycles. The monoisotopic (exact) mass is 259 g/mol. The van der Waals surface area contributed by atoms with E-state index in [9.17, 15) is 0 Å². The third-order valence-corrected chi connectivity index (χ3v) is 3.59. The lowest BCUT2D eigenvalue weighted by molar-refractivity contribution is -0.841. The third kappa shape index (κ3) is 4.94. The first-order valence-electron chi connectivity index (χ1n) is 7.22. The van der Waals surface area contributed by atoms with Crippen LogP contribution >= 0.6 is 0 Å². The quantitative estimate of drug-likeness (QED) is 0.412. The van der Waals surface area contributed by atoms with Crippen molar-refractivity contribution in [1.82, 2.24) is 4.90 Å². The number of aliphatic imine (C=N–C) groups is 1. The summed E-state index contributed by atoms with van der Waals surface area (Å²) in [5.41, 5.74) is 0. The first-order chi connectivity index (χ1) is 8.65. The van der Waals surface area contributed by atoms with Gasteiger partial charge in [0.1, 0.15) is 0 Å². The summed E-state index contributed by atoms with van der Waals surface area (Å²) < 4.78 is 1.01. The Hall–Kier alpha value is -0.610. The van der Waals surface area contributed by atoms with Crippen LogP contribution in [-0.2, 0) is 0 Å². The summed E-state index contributed by atoms with van der Waals surface area (Å²) in [6.07, 6.45) is 0. The molecule has 0 amide bonds. The number of nitrogens with zero attached hydrogens (tertiary/aromatic N) is 3. The van der Waals surface area contributed by atoms with Gasteiger partial charge in [-0.3, -0.25) is 4.48 Å². The van der Waals surface area contributed by atoms with Crippen molar-refractivity contribution < 1.29 is 9.59 Å². The maximum absolute atomic E-state index is 8.25. The first-order valence-corrected chi connectivity index (χ1v) is 7.22.